The number of allylic oxidation sites excluding steroid dienone is 8. The molecule has 3 nitrogen and oxygen atoms in total. The highest BCUT2D eigenvalue weighted by Gasteiger charge is 2.34. The summed E-state index contributed by atoms with van der Waals surface area (Å²) in [6.07, 6.45) is 28.9. The standard InChI is InChI=1S/C22H32O3/c1-2-3-4-5-11-14-17-20-21(25-20)18-15-12-9-7-6-8-10-13-16-19-22(23)24/h3-4,6-7,9,11-12,14-15,18,20-21H,2,5,8,10,13,16-17,19H2,1H3,(H,23,24). The molecule has 138 valence electrons. The molecule has 0 amide bonds. The monoisotopic (exact) mass is 344 g/mol. The molecule has 0 saturated carbocycles. The minimum Gasteiger partial charge on any atom is -0.481 e. The molecule has 1 heterocycles. The predicted molar refractivity (Wildman–Crippen MR) is 105 cm³/mol. The third-order valence-electron chi connectivity index (χ3n) is 3.86. The Bertz CT molecular complexity index is 497. The Morgan fingerprint density at radius 1 is 0.960 bits per heavy atom. The van der Waals surface area contributed by atoms with Gasteiger partial charge < -0.3 is 9.84 Å². The van der Waals surface area contributed by atoms with Crippen LogP contribution in [0, 0.1) is 0 Å². The van der Waals surface area contributed by atoms with Gasteiger partial charge in [0.1, 0.15) is 6.10 Å². The van der Waals surface area contributed by atoms with E-state index in [1.165, 1.54) is 0 Å². The van der Waals surface area contributed by atoms with Crippen LogP contribution >= 0.6 is 0 Å². The Labute approximate surface area is 152 Å². The van der Waals surface area contributed by atoms with E-state index in [4.69, 9.17) is 9.84 Å². The van der Waals surface area contributed by atoms with Gasteiger partial charge in [-0.25, -0.2) is 0 Å². The Kier molecular flexibility index (Phi) is 12.3. The van der Waals surface area contributed by atoms with Gasteiger partial charge in [-0.15, -0.1) is 0 Å². The van der Waals surface area contributed by atoms with E-state index >= 15 is 0 Å². The van der Waals surface area contributed by atoms with E-state index in [2.05, 4.69) is 43.4 Å². The van der Waals surface area contributed by atoms with E-state index in [0.717, 1.165) is 44.9 Å². The average molecular weight is 344 g/mol. The second kappa shape index (κ2) is 14.5. The van der Waals surface area contributed by atoms with Crippen LogP contribution in [0.1, 0.15) is 58.3 Å². The largest absolute Gasteiger partial charge is 0.481 e. The van der Waals surface area contributed by atoms with Crippen molar-refractivity contribution in [1.29, 1.82) is 0 Å². The lowest BCUT2D eigenvalue weighted by Gasteiger charge is -1.94. The number of carbonyl (C=O) groups is 1. The smallest absolute Gasteiger partial charge is 0.303 e. The van der Waals surface area contributed by atoms with Crippen molar-refractivity contribution in [2.24, 2.45) is 0 Å². The molecule has 0 radical (unpaired) electrons. The Morgan fingerprint density at radius 2 is 1.76 bits per heavy atom. The zero-order valence-electron chi connectivity index (χ0n) is 15.3. The number of carboxylic acids is 1. The van der Waals surface area contributed by atoms with Crippen molar-refractivity contribution in [1.82, 2.24) is 0 Å². The molecule has 1 aliphatic heterocycles. The molecule has 0 bridgehead atoms. The minimum atomic E-state index is -0.702. The van der Waals surface area contributed by atoms with Gasteiger partial charge in [0.2, 0.25) is 0 Å². The quantitative estimate of drug-likeness (QED) is 0.189. The highest BCUT2D eigenvalue weighted by Crippen LogP contribution is 2.26. The maximum Gasteiger partial charge on any atom is 0.303 e. The van der Waals surface area contributed by atoms with Crippen molar-refractivity contribution in [3.05, 3.63) is 60.8 Å². The SMILES string of the molecule is CCC=CCC=CCC1OC1C=CC=CC=CCCCCCC(=O)O. The maximum atomic E-state index is 10.4. The zero-order chi connectivity index (χ0) is 18.2. The number of ether oxygens (including phenoxy) is 1. The van der Waals surface area contributed by atoms with Gasteiger partial charge in [0.15, 0.2) is 0 Å². The fourth-order valence-corrected chi connectivity index (χ4v) is 2.38. The average Bonchev–Trinajstić information content (AvgIpc) is 3.34. The summed E-state index contributed by atoms with van der Waals surface area (Å²) in [5.74, 6) is -0.702. The highest BCUT2D eigenvalue weighted by atomic mass is 16.6. The normalized spacial score (nSPS) is 20.8. The lowest BCUT2D eigenvalue weighted by molar-refractivity contribution is -0.137. The van der Waals surface area contributed by atoms with Gasteiger partial charge in [-0.3, -0.25) is 4.79 Å². The molecule has 1 N–H and O–H groups in total. The molecule has 1 rings (SSSR count). The molecule has 0 aromatic rings. The maximum absolute atomic E-state index is 10.4. The third-order valence-corrected chi connectivity index (χ3v) is 3.86. The van der Waals surface area contributed by atoms with E-state index in [9.17, 15) is 4.79 Å². The number of hydrogen-bond donors (Lipinski definition) is 1. The Morgan fingerprint density at radius 3 is 2.56 bits per heavy atom. The summed E-state index contributed by atoms with van der Waals surface area (Å²) in [6.45, 7) is 2.14. The van der Waals surface area contributed by atoms with Crippen LogP contribution in [0.4, 0.5) is 0 Å². The first-order chi connectivity index (χ1) is 12.2. The van der Waals surface area contributed by atoms with E-state index in [1.807, 2.05) is 24.3 Å². The molecule has 2 atom stereocenters. The fourth-order valence-electron chi connectivity index (χ4n) is 2.38. The summed E-state index contributed by atoms with van der Waals surface area (Å²) in [7, 11) is 0. The molecular weight excluding hydrogens is 312 g/mol. The second-order valence-corrected chi connectivity index (χ2v) is 6.15. The van der Waals surface area contributed by atoms with Crippen LogP contribution < -0.4 is 0 Å². The van der Waals surface area contributed by atoms with Gasteiger partial charge in [-0.1, -0.05) is 74.1 Å². The van der Waals surface area contributed by atoms with Crippen LogP contribution in [0.5, 0.6) is 0 Å². The Balaban J connectivity index is 1.99. The van der Waals surface area contributed by atoms with Crippen LogP contribution in [0.25, 0.3) is 0 Å². The van der Waals surface area contributed by atoms with E-state index in [0.29, 0.717) is 6.10 Å². The molecule has 3 heteroatoms. The summed E-state index contributed by atoms with van der Waals surface area (Å²) < 4.78 is 5.59. The number of aliphatic carboxylic acids is 1. The van der Waals surface area contributed by atoms with Gasteiger partial charge in [0, 0.05) is 6.42 Å². The van der Waals surface area contributed by atoms with Gasteiger partial charge in [-0.2, -0.15) is 0 Å². The molecule has 25 heavy (non-hydrogen) atoms. The van der Waals surface area contributed by atoms with E-state index in [-0.39, 0.29) is 12.5 Å². The second-order valence-electron chi connectivity index (χ2n) is 6.15. The summed E-state index contributed by atoms with van der Waals surface area (Å²) >= 11 is 0. The fraction of sp³-hybridized carbons (Fsp3) is 0.500. The highest BCUT2D eigenvalue weighted by molar-refractivity contribution is 5.66. The molecule has 1 saturated heterocycles. The first kappa shape index (κ1) is 21.2. The van der Waals surface area contributed by atoms with Crippen molar-refractivity contribution in [3.8, 4) is 0 Å². The number of epoxide rings is 1. The predicted octanol–water partition coefficient (Wildman–Crippen LogP) is 5.76. The summed E-state index contributed by atoms with van der Waals surface area (Å²) in [5.41, 5.74) is 0. The van der Waals surface area contributed by atoms with Crippen molar-refractivity contribution >= 4 is 5.97 Å². The third kappa shape index (κ3) is 13.1. The van der Waals surface area contributed by atoms with Crippen LogP contribution in [-0.2, 0) is 9.53 Å². The number of hydrogen-bond acceptors (Lipinski definition) is 2. The summed E-state index contributed by atoms with van der Waals surface area (Å²) in [5, 5.41) is 8.53. The summed E-state index contributed by atoms with van der Waals surface area (Å²) in [6, 6.07) is 0. The van der Waals surface area contributed by atoms with Crippen molar-refractivity contribution < 1.29 is 14.6 Å². The molecular formula is C22H32O3. The first-order valence-corrected chi connectivity index (χ1v) is 9.41. The van der Waals surface area contributed by atoms with Crippen LogP contribution in [0.15, 0.2) is 60.8 Å². The van der Waals surface area contributed by atoms with Gasteiger partial charge in [0.25, 0.3) is 0 Å². The molecule has 2 unspecified atom stereocenters. The molecule has 0 aromatic carbocycles. The van der Waals surface area contributed by atoms with E-state index in [1.54, 1.807) is 0 Å². The topological polar surface area (TPSA) is 49.8 Å². The lowest BCUT2D eigenvalue weighted by Crippen LogP contribution is -1.93. The Hall–Kier alpha value is -1.87. The van der Waals surface area contributed by atoms with Crippen LogP contribution in [0.3, 0.4) is 0 Å². The first-order valence-electron chi connectivity index (χ1n) is 9.41. The number of unbranched alkanes of at least 4 members (excludes halogenated alkanes) is 3. The minimum absolute atomic E-state index is 0.263. The van der Waals surface area contributed by atoms with Crippen LogP contribution in [0.2, 0.25) is 0 Å². The molecule has 1 aliphatic rings. The molecule has 0 spiro atoms. The number of rotatable bonds is 14. The van der Waals surface area contributed by atoms with Crippen LogP contribution in [-0.4, -0.2) is 23.3 Å². The van der Waals surface area contributed by atoms with Gasteiger partial charge in [0.05, 0.1) is 6.10 Å². The zero-order valence-corrected chi connectivity index (χ0v) is 15.3. The lowest BCUT2D eigenvalue weighted by atomic mass is 10.1. The van der Waals surface area contributed by atoms with Crippen molar-refractivity contribution in [2.45, 2.75) is 70.5 Å². The number of carboxylic acid groups (broad SMARTS) is 1. The van der Waals surface area contributed by atoms with Gasteiger partial charge >= 0.3 is 5.97 Å². The van der Waals surface area contributed by atoms with Crippen molar-refractivity contribution in [3.63, 3.8) is 0 Å². The van der Waals surface area contributed by atoms with E-state index < -0.39 is 5.97 Å². The molecule has 1 fully saturated rings. The van der Waals surface area contributed by atoms with Gasteiger partial charge in [-0.05, 0) is 38.5 Å². The molecule has 0 aliphatic carbocycles. The van der Waals surface area contributed by atoms with Crippen molar-refractivity contribution in [2.75, 3.05) is 0 Å². The summed E-state index contributed by atoms with van der Waals surface area (Å²) in [4.78, 5) is 10.4. The molecule has 0 aromatic heterocycles.